The SMILES string of the molecule is COCCn1cc2c3c(cccc31)CN(C(=O)Nc1cccc(C#N)c1)CC2. The molecule has 0 spiro atoms. The smallest absolute Gasteiger partial charge is 0.322 e. The molecule has 2 heterocycles. The number of nitriles is 1. The van der Waals surface area contributed by atoms with Crippen LogP contribution in [0.25, 0.3) is 10.9 Å². The number of aromatic nitrogens is 1. The topological polar surface area (TPSA) is 70.3 Å². The third kappa shape index (κ3) is 3.45. The van der Waals surface area contributed by atoms with Gasteiger partial charge < -0.3 is 19.5 Å². The number of nitrogens with zero attached hydrogens (tertiary/aromatic N) is 3. The number of benzene rings is 2. The van der Waals surface area contributed by atoms with Crippen LogP contribution < -0.4 is 5.32 Å². The first-order valence-corrected chi connectivity index (χ1v) is 9.34. The number of rotatable bonds is 4. The van der Waals surface area contributed by atoms with E-state index in [9.17, 15) is 4.79 Å². The summed E-state index contributed by atoms with van der Waals surface area (Å²) >= 11 is 0. The van der Waals surface area contributed by atoms with Gasteiger partial charge in [0.15, 0.2) is 0 Å². The first kappa shape index (κ1) is 18.1. The van der Waals surface area contributed by atoms with Gasteiger partial charge in [0, 0.05) is 49.5 Å². The summed E-state index contributed by atoms with van der Waals surface area (Å²) in [6.45, 7) is 2.68. The number of ether oxygens (including phenoxy) is 1. The van der Waals surface area contributed by atoms with E-state index in [1.807, 2.05) is 11.0 Å². The Morgan fingerprint density at radius 3 is 2.93 bits per heavy atom. The van der Waals surface area contributed by atoms with Crippen LogP contribution in [0.3, 0.4) is 0 Å². The molecule has 142 valence electrons. The standard InChI is InChI=1S/C22H22N4O2/c1-28-11-10-25-14-18-8-9-26(15-17-5-3-7-20(25)21(17)18)22(27)24-19-6-2-4-16(12-19)13-23/h2-7,12,14H,8-11,15H2,1H3,(H,24,27). The van der Waals surface area contributed by atoms with Gasteiger partial charge in [-0.05, 0) is 41.8 Å². The third-order valence-corrected chi connectivity index (χ3v) is 5.15. The number of amides is 2. The lowest BCUT2D eigenvalue weighted by atomic mass is 10.1. The Bertz CT molecular complexity index is 1060. The maximum Gasteiger partial charge on any atom is 0.322 e. The summed E-state index contributed by atoms with van der Waals surface area (Å²) < 4.78 is 7.46. The Balaban J connectivity index is 1.57. The Hall–Kier alpha value is -3.30. The first-order chi connectivity index (χ1) is 13.7. The first-order valence-electron chi connectivity index (χ1n) is 9.34. The molecule has 1 aliphatic rings. The molecule has 0 radical (unpaired) electrons. The third-order valence-electron chi connectivity index (χ3n) is 5.15. The predicted octanol–water partition coefficient (Wildman–Crippen LogP) is 3.75. The molecule has 1 aliphatic heterocycles. The van der Waals surface area contributed by atoms with E-state index < -0.39 is 0 Å². The molecule has 2 amide bonds. The minimum Gasteiger partial charge on any atom is -0.383 e. The second-order valence-electron chi connectivity index (χ2n) is 6.95. The van der Waals surface area contributed by atoms with E-state index in [1.165, 1.54) is 16.5 Å². The number of urea groups is 1. The maximum atomic E-state index is 12.8. The second-order valence-corrected chi connectivity index (χ2v) is 6.95. The average molecular weight is 374 g/mol. The van der Waals surface area contributed by atoms with Crippen molar-refractivity contribution in [3.05, 3.63) is 65.4 Å². The van der Waals surface area contributed by atoms with Gasteiger partial charge in [-0.25, -0.2) is 4.79 Å². The molecule has 0 saturated carbocycles. The lowest BCUT2D eigenvalue weighted by molar-refractivity contribution is 0.188. The molecule has 2 aromatic carbocycles. The van der Waals surface area contributed by atoms with Crippen LogP contribution in [0, 0.1) is 11.3 Å². The van der Waals surface area contributed by atoms with E-state index in [0.29, 0.717) is 30.9 Å². The zero-order valence-electron chi connectivity index (χ0n) is 15.8. The molecule has 0 fully saturated rings. The Labute approximate surface area is 163 Å². The van der Waals surface area contributed by atoms with Gasteiger partial charge in [-0.15, -0.1) is 0 Å². The van der Waals surface area contributed by atoms with Crippen LogP contribution in [0.15, 0.2) is 48.7 Å². The van der Waals surface area contributed by atoms with Gasteiger partial charge in [0.05, 0.1) is 18.2 Å². The van der Waals surface area contributed by atoms with Crippen LogP contribution in [0.2, 0.25) is 0 Å². The molecule has 0 unspecified atom stereocenters. The van der Waals surface area contributed by atoms with Gasteiger partial charge in [0.25, 0.3) is 0 Å². The molecule has 3 aromatic rings. The Morgan fingerprint density at radius 2 is 2.11 bits per heavy atom. The van der Waals surface area contributed by atoms with E-state index in [4.69, 9.17) is 10.00 Å². The minimum atomic E-state index is -0.149. The van der Waals surface area contributed by atoms with Crippen LogP contribution in [-0.4, -0.2) is 35.8 Å². The number of anilines is 1. The summed E-state index contributed by atoms with van der Waals surface area (Å²) in [5.41, 5.74) is 4.77. The number of methoxy groups -OCH3 is 1. The van der Waals surface area contributed by atoms with Crippen molar-refractivity contribution in [3.8, 4) is 6.07 Å². The molecule has 4 rings (SSSR count). The van der Waals surface area contributed by atoms with Crippen molar-refractivity contribution in [1.29, 1.82) is 5.26 Å². The molecule has 28 heavy (non-hydrogen) atoms. The molecular weight excluding hydrogens is 352 g/mol. The van der Waals surface area contributed by atoms with Gasteiger partial charge in [0.1, 0.15) is 0 Å². The molecule has 6 heteroatoms. The molecule has 1 aromatic heterocycles. The molecular formula is C22H22N4O2. The van der Waals surface area contributed by atoms with E-state index >= 15 is 0 Å². The van der Waals surface area contributed by atoms with Gasteiger partial charge in [-0.3, -0.25) is 0 Å². The number of carbonyl (C=O) groups excluding carboxylic acids is 1. The average Bonchev–Trinajstić information content (AvgIpc) is 2.96. The van der Waals surface area contributed by atoms with Gasteiger partial charge in [-0.1, -0.05) is 18.2 Å². The normalized spacial score (nSPS) is 13.2. The molecule has 1 N–H and O–H groups in total. The fourth-order valence-corrected chi connectivity index (χ4v) is 3.80. The van der Waals surface area contributed by atoms with Crippen LogP contribution in [0.4, 0.5) is 10.5 Å². The number of carbonyl (C=O) groups is 1. The Morgan fingerprint density at radius 1 is 1.25 bits per heavy atom. The van der Waals surface area contributed by atoms with Crippen molar-refractivity contribution < 1.29 is 9.53 Å². The zero-order valence-corrected chi connectivity index (χ0v) is 15.8. The second kappa shape index (κ2) is 7.75. The summed E-state index contributed by atoms with van der Waals surface area (Å²) in [5.74, 6) is 0. The highest BCUT2D eigenvalue weighted by atomic mass is 16.5. The fourth-order valence-electron chi connectivity index (χ4n) is 3.80. The van der Waals surface area contributed by atoms with E-state index in [2.05, 4.69) is 34.3 Å². The van der Waals surface area contributed by atoms with E-state index in [-0.39, 0.29) is 6.03 Å². The maximum absolute atomic E-state index is 12.8. The molecule has 0 atom stereocenters. The van der Waals surface area contributed by atoms with Crippen LogP contribution in [0.1, 0.15) is 16.7 Å². The van der Waals surface area contributed by atoms with Crippen LogP contribution in [0.5, 0.6) is 0 Å². The quantitative estimate of drug-likeness (QED) is 0.756. The summed E-state index contributed by atoms with van der Waals surface area (Å²) in [7, 11) is 1.71. The molecule has 0 bridgehead atoms. The van der Waals surface area contributed by atoms with Crippen molar-refractivity contribution in [3.63, 3.8) is 0 Å². The summed E-state index contributed by atoms with van der Waals surface area (Å²) in [4.78, 5) is 14.7. The van der Waals surface area contributed by atoms with Crippen molar-refractivity contribution in [2.75, 3.05) is 25.6 Å². The fraction of sp³-hybridized carbons (Fsp3) is 0.273. The highest BCUT2D eigenvalue weighted by Gasteiger charge is 2.22. The lowest BCUT2D eigenvalue weighted by Crippen LogP contribution is -2.35. The lowest BCUT2D eigenvalue weighted by Gasteiger charge is -2.22. The van der Waals surface area contributed by atoms with Crippen LogP contribution >= 0.6 is 0 Å². The molecule has 6 nitrogen and oxygen atoms in total. The Kier molecular flexibility index (Phi) is 5.00. The van der Waals surface area contributed by atoms with Gasteiger partial charge in [-0.2, -0.15) is 5.26 Å². The van der Waals surface area contributed by atoms with E-state index in [0.717, 1.165) is 18.5 Å². The van der Waals surface area contributed by atoms with Gasteiger partial charge >= 0.3 is 6.03 Å². The highest BCUT2D eigenvalue weighted by molar-refractivity contribution is 5.92. The monoisotopic (exact) mass is 374 g/mol. The number of hydrogen-bond donors (Lipinski definition) is 1. The van der Waals surface area contributed by atoms with E-state index in [1.54, 1.807) is 31.4 Å². The molecule has 0 saturated heterocycles. The van der Waals surface area contributed by atoms with Crippen LogP contribution in [-0.2, 0) is 24.2 Å². The zero-order chi connectivity index (χ0) is 19.5. The minimum absolute atomic E-state index is 0.149. The number of hydrogen-bond acceptors (Lipinski definition) is 3. The summed E-state index contributed by atoms with van der Waals surface area (Å²) in [5, 5.41) is 13.2. The largest absolute Gasteiger partial charge is 0.383 e. The molecule has 0 aliphatic carbocycles. The van der Waals surface area contributed by atoms with Crippen molar-refractivity contribution in [2.24, 2.45) is 0 Å². The predicted molar refractivity (Wildman–Crippen MR) is 108 cm³/mol. The number of nitrogens with one attached hydrogen (secondary N) is 1. The van der Waals surface area contributed by atoms with Crippen molar-refractivity contribution in [2.45, 2.75) is 19.5 Å². The summed E-state index contributed by atoms with van der Waals surface area (Å²) in [6, 6.07) is 15.2. The summed E-state index contributed by atoms with van der Waals surface area (Å²) in [6.07, 6.45) is 2.99. The van der Waals surface area contributed by atoms with Gasteiger partial charge in [0.2, 0.25) is 0 Å². The highest BCUT2D eigenvalue weighted by Crippen LogP contribution is 2.29. The van der Waals surface area contributed by atoms with Crippen molar-refractivity contribution in [1.82, 2.24) is 9.47 Å². The van der Waals surface area contributed by atoms with Crippen molar-refractivity contribution >= 4 is 22.6 Å².